The Morgan fingerprint density at radius 1 is 0.294 bits per heavy atom. The lowest BCUT2D eigenvalue weighted by Gasteiger charge is -2.30. The average Bonchev–Trinajstić information content (AvgIpc) is 3.96. The van der Waals surface area contributed by atoms with Gasteiger partial charge in [-0.3, -0.25) is 0 Å². The monoisotopic (exact) mass is 876 g/mol. The third kappa shape index (κ3) is 7.01. The van der Waals surface area contributed by atoms with Crippen molar-refractivity contribution in [2.24, 2.45) is 0 Å². The number of aryl methyl sites for hydroxylation is 4. The zero-order valence-electron chi connectivity index (χ0n) is 38.5. The van der Waals surface area contributed by atoms with E-state index in [1.165, 1.54) is 11.1 Å². The zero-order chi connectivity index (χ0) is 45.9. The summed E-state index contributed by atoms with van der Waals surface area (Å²) in [6.07, 6.45) is 0. The Kier molecular flexibility index (Phi) is 10.0. The number of para-hydroxylation sites is 6. The van der Waals surface area contributed by atoms with Gasteiger partial charge in [-0.25, -0.2) is 0 Å². The lowest BCUT2D eigenvalue weighted by Crippen LogP contribution is -2.13. The van der Waals surface area contributed by atoms with E-state index in [-0.39, 0.29) is 0 Å². The van der Waals surface area contributed by atoms with Crippen LogP contribution in [0.15, 0.2) is 227 Å². The zero-order valence-corrected chi connectivity index (χ0v) is 38.5. The highest BCUT2D eigenvalue weighted by Crippen LogP contribution is 2.48. The van der Waals surface area contributed by atoms with E-state index in [0.717, 1.165) is 123 Å². The fourth-order valence-electron chi connectivity index (χ4n) is 10.1. The van der Waals surface area contributed by atoms with Crippen LogP contribution in [0, 0.1) is 27.7 Å². The molecule has 12 rings (SSSR count). The van der Waals surface area contributed by atoms with Gasteiger partial charge in [0.15, 0.2) is 0 Å². The summed E-state index contributed by atoms with van der Waals surface area (Å²) in [6.45, 7) is 8.73. The fraction of sp³-hybridized carbons (Fsp3) is 0.0625. The van der Waals surface area contributed by atoms with Gasteiger partial charge in [-0.15, -0.1) is 0 Å². The van der Waals surface area contributed by atoms with E-state index in [0.29, 0.717) is 0 Å². The first-order valence-corrected chi connectivity index (χ1v) is 23.3. The summed E-state index contributed by atoms with van der Waals surface area (Å²) < 4.78 is 13.2. The molecular weight excluding hydrogens is 829 g/mol. The molecule has 0 atom stereocenters. The minimum atomic E-state index is 0.891. The molecule has 0 aliphatic carbocycles. The maximum Gasteiger partial charge on any atom is 0.143 e. The maximum atomic E-state index is 6.60. The molecule has 0 N–H and O–H groups in total. The third-order valence-electron chi connectivity index (χ3n) is 13.5. The second kappa shape index (κ2) is 16.7. The van der Waals surface area contributed by atoms with Crippen LogP contribution in [0.5, 0.6) is 0 Å². The molecular formula is C64H48N2O2. The molecule has 0 amide bonds. The molecule has 12 aromatic rings. The van der Waals surface area contributed by atoms with Crippen LogP contribution in [0.1, 0.15) is 22.3 Å². The highest BCUT2D eigenvalue weighted by molar-refractivity contribution is 6.12. The lowest BCUT2D eigenvalue weighted by molar-refractivity contribution is 0.669. The molecule has 0 bridgehead atoms. The predicted molar refractivity (Wildman–Crippen MR) is 286 cm³/mol. The second-order valence-electron chi connectivity index (χ2n) is 17.9. The van der Waals surface area contributed by atoms with Gasteiger partial charge in [-0.05, 0) is 123 Å². The summed E-state index contributed by atoms with van der Waals surface area (Å²) in [5.74, 6) is 0. The fourth-order valence-corrected chi connectivity index (χ4v) is 10.1. The van der Waals surface area contributed by atoms with E-state index < -0.39 is 0 Å². The number of hydrogen-bond acceptors (Lipinski definition) is 4. The molecule has 0 radical (unpaired) electrons. The molecule has 0 saturated carbocycles. The molecule has 4 heteroatoms. The van der Waals surface area contributed by atoms with E-state index in [1.54, 1.807) is 0 Å². The number of hydrogen-bond donors (Lipinski definition) is 0. The van der Waals surface area contributed by atoms with Gasteiger partial charge in [0.05, 0.1) is 11.4 Å². The molecule has 68 heavy (non-hydrogen) atoms. The minimum absolute atomic E-state index is 0.891. The van der Waals surface area contributed by atoms with E-state index in [1.807, 2.05) is 24.3 Å². The van der Waals surface area contributed by atoms with Crippen LogP contribution >= 0.6 is 0 Å². The van der Waals surface area contributed by atoms with Crippen molar-refractivity contribution in [3.8, 4) is 33.4 Å². The van der Waals surface area contributed by atoms with Gasteiger partial charge < -0.3 is 18.6 Å². The van der Waals surface area contributed by atoms with E-state index in [2.05, 4.69) is 232 Å². The number of benzene rings is 10. The number of fused-ring (bicyclic) bond motifs is 6. The van der Waals surface area contributed by atoms with Crippen LogP contribution in [0.2, 0.25) is 0 Å². The van der Waals surface area contributed by atoms with Crippen LogP contribution in [-0.2, 0) is 0 Å². The Bertz CT molecular complexity index is 3600. The second-order valence-corrected chi connectivity index (χ2v) is 17.9. The molecule has 0 spiro atoms. The van der Waals surface area contributed by atoms with Gasteiger partial charge in [0.25, 0.3) is 0 Å². The van der Waals surface area contributed by atoms with Gasteiger partial charge in [-0.1, -0.05) is 157 Å². The quantitative estimate of drug-likeness (QED) is 0.145. The van der Waals surface area contributed by atoms with Gasteiger partial charge in [0.2, 0.25) is 0 Å². The maximum absolute atomic E-state index is 6.60. The molecule has 0 aliphatic heterocycles. The van der Waals surface area contributed by atoms with Crippen molar-refractivity contribution < 1.29 is 8.83 Å². The first-order chi connectivity index (χ1) is 33.4. The summed E-state index contributed by atoms with van der Waals surface area (Å²) in [4.78, 5) is 4.79. The molecule has 2 heterocycles. The third-order valence-corrected chi connectivity index (χ3v) is 13.5. The standard InChI is InChI=1S/C64H48N2O2/c1-41-27-33-47(34-28-41)65(59-23-9-5-15-49(59)53-19-13-21-55-51-17-7-11-25-61(51)67-63(53)55)57-37-31-45(39-43(57)3)46-32-38-58(44(4)40-46)66(48-35-29-42(2)30-36-48)60-24-10-6-16-50(60)54-20-14-22-56-52-18-8-12-26-62(52)68-64(54)56/h5-40H,1-4H3. The smallest absolute Gasteiger partial charge is 0.143 e. The summed E-state index contributed by atoms with van der Waals surface area (Å²) in [5, 5.41) is 4.47. The Balaban J connectivity index is 0.953. The van der Waals surface area contributed by atoms with Crippen LogP contribution < -0.4 is 9.80 Å². The molecule has 0 aliphatic rings. The highest BCUT2D eigenvalue weighted by atomic mass is 16.3. The van der Waals surface area contributed by atoms with Crippen LogP contribution in [0.4, 0.5) is 34.1 Å². The van der Waals surface area contributed by atoms with Gasteiger partial charge in [0, 0.05) is 66.5 Å². The van der Waals surface area contributed by atoms with Crippen molar-refractivity contribution in [1.82, 2.24) is 0 Å². The molecule has 0 unspecified atom stereocenters. The van der Waals surface area contributed by atoms with E-state index >= 15 is 0 Å². The summed E-state index contributed by atoms with van der Waals surface area (Å²) in [7, 11) is 0. The first kappa shape index (κ1) is 40.9. The SMILES string of the molecule is Cc1ccc(N(c2ccc(-c3ccc(N(c4ccc(C)cc4)c4ccccc4-c4cccc5c4oc4ccccc45)c(C)c3)cc2C)c2ccccc2-c2cccc3c2oc2ccccc23)cc1. The van der Waals surface area contributed by atoms with Crippen molar-refractivity contribution >= 4 is 78.0 Å². The topological polar surface area (TPSA) is 32.8 Å². The summed E-state index contributed by atoms with van der Waals surface area (Å²) in [5.41, 5.74) is 21.5. The van der Waals surface area contributed by atoms with E-state index in [4.69, 9.17) is 8.83 Å². The van der Waals surface area contributed by atoms with Gasteiger partial charge in [0.1, 0.15) is 22.3 Å². The molecule has 0 fully saturated rings. The normalized spacial score (nSPS) is 11.5. The predicted octanol–water partition coefficient (Wildman–Crippen LogP) is 18.7. The van der Waals surface area contributed by atoms with Crippen LogP contribution in [-0.4, -0.2) is 0 Å². The average molecular weight is 877 g/mol. The van der Waals surface area contributed by atoms with Crippen molar-refractivity contribution in [2.45, 2.75) is 27.7 Å². The van der Waals surface area contributed by atoms with Crippen molar-refractivity contribution in [1.29, 1.82) is 0 Å². The van der Waals surface area contributed by atoms with Crippen molar-refractivity contribution in [3.05, 3.63) is 241 Å². The molecule has 10 aromatic carbocycles. The molecule has 0 saturated heterocycles. The Labute approximate surface area is 396 Å². The van der Waals surface area contributed by atoms with Crippen molar-refractivity contribution in [2.75, 3.05) is 9.80 Å². The first-order valence-electron chi connectivity index (χ1n) is 23.3. The van der Waals surface area contributed by atoms with Crippen molar-refractivity contribution in [3.63, 3.8) is 0 Å². The highest BCUT2D eigenvalue weighted by Gasteiger charge is 2.24. The number of nitrogens with zero attached hydrogens (tertiary/aromatic N) is 2. The number of rotatable bonds is 9. The summed E-state index contributed by atoms with van der Waals surface area (Å²) in [6, 6.07) is 78.3. The minimum Gasteiger partial charge on any atom is -0.455 e. The largest absolute Gasteiger partial charge is 0.455 e. The van der Waals surface area contributed by atoms with Crippen LogP contribution in [0.25, 0.3) is 77.3 Å². The molecule has 2 aromatic heterocycles. The molecule has 4 nitrogen and oxygen atoms in total. The summed E-state index contributed by atoms with van der Waals surface area (Å²) >= 11 is 0. The van der Waals surface area contributed by atoms with Crippen LogP contribution in [0.3, 0.4) is 0 Å². The lowest BCUT2D eigenvalue weighted by atomic mass is 9.96. The Morgan fingerprint density at radius 3 is 1.09 bits per heavy atom. The Hall–Kier alpha value is -8.60. The number of furan rings is 2. The van der Waals surface area contributed by atoms with Gasteiger partial charge >= 0.3 is 0 Å². The van der Waals surface area contributed by atoms with Gasteiger partial charge in [-0.2, -0.15) is 0 Å². The molecule has 326 valence electrons. The van der Waals surface area contributed by atoms with E-state index in [9.17, 15) is 0 Å². The Morgan fingerprint density at radius 2 is 0.662 bits per heavy atom. The number of anilines is 6.